The molecule has 6 nitrogen and oxygen atoms in total. The SMILES string of the molecule is COc1cccc(C(=O)NCCNC2=NCCN2C)c1. The second-order valence-electron chi connectivity index (χ2n) is 4.54. The van der Waals surface area contributed by atoms with Crippen molar-refractivity contribution in [2.75, 3.05) is 40.3 Å². The number of amides is 1. The first kappa shape index (κ1) is 14.2. The summed E-state index contributed by atoms with van der Waals surface area (Å²) in [5.41, 5.74) is 0.597. The van der Waals surface area contributed by atoms with Gasteiger partial charge in [-0.15, -0.1) is 0 Å². The Labute approximate surface area is 118 Å². The lowest BCUT2D eigenvalue weighted by Gasteiger charge is -2.15. The van der Waals surface area contributed by atoms with Crippen LogP contribution in [0.5, 0.6) is 5.75 Å². The fourth-order valence-corrected chi connectivity index (χ4v) is 1.94. The Kier molecular flexibility index (Phi) is 4.81. The molecule has 0 unspecified atom stereocenters. The molecule has 20 heavy (non-hydrogen) atoms. The van der Waals surface area contributed by atoms with Crippen molar-refractivity contribution in [2.45, 2.75) is 0 Å². The number of carbonyl (C=O) groups is 1. The number of likely N-dealkylation sites (N-methyl/N-ethyl adjacent to an activating group) is 1. The summed E-state index contributed by atoms with van der Waals surface area (Å²) in [7, 11) is 3.58. The zero-order valence-corrected chi connectivity index (χ0v) is 11.8. The van der Waals surface area contributed by atoms with Crippen LogP contribution in [-0.4, -0.2) is 57.1 Å². The number of aliphatic imine (C=N–C) groups is 1. The highest BCUT2D eigenvalue weighted by Gasteiger charge is 2.11. The van der Waals surface area contributed by atoms with Crippen LogP contribution in [-0.2, 0) is 0 Å². The Morgan fingerprint density at radius 3 is 3.00 bits per heavy atom. The number of hydrogen-bond donors (Lipinski definition) is 2. The molecule has 0 radical (unpaired) electrons. The fraction of sp³-hybridized carbons (Fsp3) is 0.429. The average Bonchev–Trinajstić information content (AvgIpc) is 2.89. The molecule has 2 N–H and O–H groups in total. The zero-order chi connectivity index (χ0) is 14.4. The summed E-state index contributed by atoms with van der Waals surface area (Å²) in [5, 5.41) is 6.06. The van der Waals surface area contributed by atoms with Gasteiger partial charge >= 0.3 is 0 Å². The molecule has 1 aliphatic heterocycles. The van der Waals surface area contributed by atoms with E-state index in [9.17, 15) is 4.79 Å². The van der Waals surface area contributed by atoms with Crippen LogP contribution >= 0.6 is 0 Å². The van der Waals surface area contributed by atoms with E-state index >= 15 is 0 Å². The van der Waals surface area contributed by atoms with Crippen molar-refractivity contribution in [3.63, 3.8) is 0 Å². The van der Waals surface area contributed by atoms with Crippen molar-refractivity contribution in [1.82, 2.24) is 15.5 Å². The van der Waals surface area contributed by atoms with Crippen molar-refractivity contribution < 1.29 is 9.53 Å². The minimum atomic E-state index is -0.104. The zero-order valence-electron chi connectivity index (χ0n) is 11.8. The molecule has 0 bridgehead atoms. The molecule has 0 aliphatic carbocycles. The highest BCUT2D eigenvalue weighted by Crippen LogP contribution is 2.12. The molecule has 0 saturated heterocycles. The molecular formula is C14H20N4O2. The van der Waals surface area contributed by atoms with Crippen molar-refractivity contribution in [1.29, 1.82) is 0 Å². The third-order valence-corrected chi connectivity index (χ3v) is 3.08. The molecule has 0 spiro atoms. The minimum Gasteiger partial charge on any atom is -0.497 e. The molecule has 1 aliphatic rings. The number of carbonyl (C=O) groups excluding carboxylic acids is 1. The monoisotopic (exact) mass is 276 g/mol. The maximum absolute atomic E-state index is 11.9. The number of ether oxygens (including phenoxy) is 1. The van der Waals surface area contributed by atoms with Gasteiger partial charge in [0.25, 0.3) is 5.91 Å². The second kappa shape index (κ2) is 6.79. The van der Waals surface area contributed by atoms with Crippen molar-refractivity contribution >= 4 is 11.9 Å². The summed E-state index contributed by atoms with van der Waals surface area (Å²) in [6, 6.07) is 7.10. The quantitative estimate of drug-likeness (QED) is 0.760. The number of methoxy groups -OCH3 is 1. The average molecular weight is 276 g/mol. The van der Waals surface area contributed by atoms with E-state index in [2.05, 4.69) is 20.5 Å². The lowest BCUT2D eigenvalue weighted by atomic mass is 10.2. The van der Waals surface area contributed by atoms with Gasteiger partial charge in [-0.3, -0.25) is 9.79 Å². The van der Waals surface area contributed by atoms with E-state index < -0.39 is 0 Å². The van der Waals surface area contributed by atoms with Crippen LogP contribution in [0.3, 0.4) is 0 Å². The third kappa shape index (κ3) is 3.63. The first-order chi connectivity index (χ1) is 9.70. The summed E-state index contributed by atoms with van der Waals surface area (Å²) in [6.07, 6.45) is 0. The normalized spacial score (nSPS) is 13.9. The lowest BCUT2D eigenvalue weighted by molar-refractivity contribution is 0.0954. The smallest absolute Gasteiger partial charge is 0.251 e. The van der Waals surface area contributed by atoms with Gasteiger partial charge in [0.05, 0.1) is 13.7 Å². The number of benzene rings is 1. The molecular weight excluding hydrogens is 256 g/mol. The molecule has 0 fully saturated rings. The van der Waals surface area contributed by atoms with Gasteiger partial charge in [0.2, 0.25) is 0 Å². The van der Waals surface area contributed by atoms with E-state index in [4.69, 9.17) is 4.74 Å². The molecule has 0 aromatic heterocycles. The van der Waals surface area contributed by atoms with Crippen molar-refractivity contribution in [3.05, 3.63) is 29.8 Å². The van der Waals surface area contributed by atoms with Crippen LogP contribution < -0.4 is 15.4 Å². The number of nitrogens with one attached hydrogen (secondary N) is 2. The fourth-order valence-electron chi connectivity index (χ4n) is 1.94. The summed E-state index contributed by atoms with van der Waals surface area (Å²) in [6.45, 7) is 2.97. The van der Waals surface area contributed by atoms with Crippen LogP contribution in [0.1, 0.15) is 10.4 Å². The van der Waals surface area contributed by atoms with E-state index in [0.717, 1.165) is 19.0 Å². The number of rotatable bonds is 5. The van der Waals surface area contributed by atoms with Gasteiger partial charge in [-0.2, -0.15) is 0 Å². The van der Waals surface area contributed by atoms with Gasteiger partial charge in [0.15, 0.2) is 5.96 Å². The van der Waals surface area contributed by atoms with E-state index in [0.29, 0.717) is 24.4 Å². The summed E-state index contributed by atoms with van der Waals surface area (Å²) in [4.78, 5) is 18.3. The van der Waals surface area contributed by atoms with Gasteiger partial charge in [-0.25, -0.2) is 0 Å². The summed E-state index contributed by atoms with van der Waals surface area (Å²) >= 11 is 0. The molecule has 6 heteroatoms. The van der Waals surface area contributed by atoms with Crippen molar-refractivity contribution in [2.24, 2.45) is 4.99 Å². The van der Waals surface area contributed by atoms with Gasteiger partial charge in [-0.05, 0) is 18.2 Å². The van der Waals surface area contributed by atoms with Gasteiger partial charge in [0, 0.05) is 32.2 Å². The maximum atomic E-state index is 11.9. The van der Waals surface area contributed by atoms with E-state index in [1.54, 1.807) is 25.3 Å². The Morgan fingerprint density at radius 1 is 1.45 bits per heavy atom. The van der Waals surface area contributed by atoms with Crippen LogP contribution in [0.25, 0.3) is 0 Å². The Balaban J connectivity index is 1.74. The van der Waals surface area contributed by atoms with E-state index in [-0.39, 0.29) is 5.91 Å². The first-order valence-corrected chi connectivity index (χ1v) is 6.62. The molecule has 1 amide bonds. The summed E-state index contributed by atoms with van der Waals surface area (Å²) < 4.78 is 5.10. The van der Waals surface area contributed by atoms with Gasteiger partial charge in [-0.1, -0.05) is 6.07 Å². The topological polar surface area (TPSA) is 66.0 Å². The van der Waals surface area contributed by atoms with Gasteiger partial charge < -0.3 is 20.3 Å². The predicted octanol–water partition coefficient (Wildman–Crippen LogP) is 0.316. The maximum Gasteiger partial charge on any atom is 0.251 e. The molecule has 1 heterocycles. The largest absolute Gasteiger partial charge is 0.497 e. The van der Waals surface area contributed by atoms with E-state index in [1.807, 2.05) is 13.1 Å². The summed E-state index contributed by atoms with van der Waals surface area (Å²) in [5.74, 6) is 1.46. The predicted molar refractivity (Wildman–Crippen MR) is 78.3 cm³/mol. The highest BCUT2D eigenvalue weighted by atomic mass is 16.5. The minimum absolute atomic E-state index is 0.104. The molecule has 0 atom stereocenters. The molecule has 108 valence electrons. The molecule has 0 saturated carbocycles. The van der Waals surface area contributed by atoms with Crippen LogP contribution in [0.15, 0.2) is 29.3 Å². The third-order valence-electron chi connectivity index (χ3n) is 3.08. The second-order valence-corrected chi connectivity index (χ2v) is 4.54. The van der Waals surface area contributed by atoms with E-state index in [1.165, 1.54) is 0 Å². The Hall–Kier alpha value is -2.24. The van der Waals surface area contributed by atoms with Crippen molar-refractivity contribution in [3.8, 4) is 5.75 Å². The number of guanidine groups is 1. The Bertz CT molecular complexity index is 502. The van der Waals surface area contributed by atoms with Gasteiger partial charge in [0.1, 0.15) is 5.75 Å². The number of nitrogens with zero attached hydrogens (tertiary/aromatic N) is 2. The van der Waals surface area contributed by atoms with Crippen LogP contribution in [0.2, 0.25) is 0 Å². The molecule has 1 aromatic carbocycles. The first-order valence-electron chi connectivity index (χ1n) is 6.62. The standard InChI is InChI=1S/C14H20N4O2/c1-18-9-8-17-14(18)16-7-6-15-13(19)11-4-3-5-12(10-11)20-2/h3-5,10H,6-9H2,1-2H3,(H,15,19)(H,16,17). The highest BCUT2D eigenvalue weighted by molar-refractivity contribution is 5.94. The lowest BCUT2D eigenvalue weighted by Crippen LogP contribution is -2.40. The molecule has 2 rings (SSSR count). The Morgan fingerprint density at radius 2 is 2.30 bits per heavy atom. The number of hydrogen-bond acceptors (Lipinski definition) is 5. The molecule has 1 aromatic rings. The van der Waals surface area contributed by atoms with Crippen LogP contribution in [0, 0.1) is 0 Å². The van der Waals surface area contributed by atoms with Crippen LogP contribution in [0.4, 0.5) is 0 Å².